The summed E-state index contributed by atoms with van der Waals surface area (Å²) in [5.41, 5.74) is 0.627. The van der Waals surface area contributed by atoms with Crippen LogP contribution in [-0.4, -0.2) is 73.4 Å². The van der Waals surface area contributed by atoms with Crippen LogP contribution in [0.3, 0.4) is 0 Å². The quantitative estimate of drug-likeness (QED) is 0.470. The van der Waals surface area contributed by atoms with E-state index in [0.717, 1.165) is 32.1 Å². The molecular formula is C29H38ClN3O6S. The van der Waals surface area contributed by atoms with Crippen molar-refractivity contribution < 1.29 is 27.9 Å². The normalized spacial score (nSPS) is 21.2. The van der Waals surface area contributed by atoms with E-state index in [2.05, 4.69) is 5.32 Å². The molecule has 2 N–H and O–H groups in total. The summed E-state index contributed by atoms with van der Waals surface area (Å²) >= 11 is 5.95. The average molecular weight is 592 g/mol. The summed E-state index contributed by atoms with van der Waals surface area (Å²) < 4.78 is 34.4. The number of nitrogens with zero attached hydrogens (tertiary/aromatic N) is 2. The lowest BCUT2D eigenvalue weighted by Gasteiger charge is -2.38. The monoisotopic (exact) mass is 591 g/mol. The van der Waals surface area contributed by atoms with Gasteiger partial charge in [0.15, 0.2) is 5.75 Å². The molecule has 3 atom stereocenters. The van der Waals surface area contributed by atoms with Gasteiger partial charge in [0.1, 0.15) is 6.10 Å². The van der Waals surface area contributed by atoms with Crippen LogP contribution in [0.25, 0.3) is 0 Å². The number of anilines is 1. The summed E-state index contributed by atoms with van der Waals surface area (Å²) in [4.78, 5) is 28.5. The summed E-state index contributed by atoms with van der Waals surface area (Å²) in [6.45, 7) is 3.64. The Morgan fingerprint density at radius 3 is 2.50 bits per heavy atom. The molecule has 1 aliphatic heterocycles. The van der Waals surface area contributed by atoms with E-state index >= 15 is 0 Å². The molecule has 2 aromatic rings. The SMILES string of the molecule is C[C@H]1CN([C@@H](C)CO)C(=O)c2cccc(NC(=O)C3CCCCC3)c2O[C@@H]1CN(C)S(=O)(=O)c1ccc(Cl)cc1. The van der Waals surface area contributed by atoms with Crippen LogP contribution in [0.15, 0.2) is 47.4 Å². The van der Waals surface area contributed by atoms with Gasteiger partial charge in [-0.2, -0.15) is 4.31 Å². The van der Waals surface area contributed by atoms with Crippen LogP contribution in [0.5, 0.6) is 5.75 Å². The van der Waals surface area contributed by atoms with Gasteiger partial charge in [-0.15, -0.1) is 0 Å². The van der Waals surface area contributed by atoms with Crippen LogP contribution in [0.4, 0.5) is 5.69 Å². The Kier molecular flexibility index (Phi) is 9.76. The molecule has 1 fully saturated rings. The number of para-hydroxylation sites is 1. The van der Waals surface area contributed by atoms with Gasteiger partial charge in [-0.05, 0) is 56.2 Å². The summed E-state index contributed by atoms with van der Waals surface area (Å²) in [6, 6.07) is 10.5. The van der Waals surface area contributed by atoms with Gasteiger partial charge in [-0.3, -0.25) is 9.59 Å². The fourth-order valence-corrected chi connectivity index (χ4v) is 6.61. The molecule has 0 spiro atoms. The summed E-state index contributed by atoms with van der Waals surface area (Å²) in [5.74, 6) is -0.640. The van der Waals surface area contributed by atoms with Gasteiger partial charge in [0, 0.05) is 30.5 Å². The Morgan fingerprint density at radius 2 is 1.85 bits per heavy atom. The number of hydrogen-bond donors (Lipinski definition) is 2. The van der Waals surface area contributed by atoms with E-state index in [1.807, 2.05) is 6.92 Å². The van der Waals surface area contributed by atoms with Crippen LogP contribution in [0.1, 0.15) is 56.3 Å². The molecule has 0 aromatic heterocycles. The first-order valence-electron chi connectivity index (χ1n) is 13.8. The van der Waals surface area contributed by atoms with Crippen LogP contribution < -0.4 is 10.1 Å². The lowest BCUT2D eigenvalue weighted by molar-refractivity contribution is -0.120. The summed E-state index contributed by atoms with van der Waals surface area (Å²) in [6.07, 6.45) is 4.09. The van der Waals surface area contributed by atoms with Gasteiger partial charge in [0.25, 0.3) is 5.91 Å². The average Bonchev–Trinajstić information content (AvgIpc) is 2.95. The highest BCUT2D eigenvalue weighted by atomic mass is 35.5. The van der Waals surface area contributed by atoms with Gasteiger partial charge < -0.3 is 20.1 Å². The van der Waals surface area contributed by atoms with E-state index < -0.39 is 22.2 Å². The minimum atomic E-state index is -3.86. The zero-order chi connectivity index (χ0) is 29.0. The van der Waals surface area contributed by atoms with Crippen molar-refractivity contribution in [2.45, 2.75) is 63.0 Å². The molecule has 9 nitrogen and oxygen atoms in total. The molecule has 1 heterocycles. The Bertz CT molecular complexity index is 1310. The number of hydrogen-bond acceptors (Lipinski definition) is 6. The molecular weight excluding hydrogens is 554 g/mol. The highest BCUT2D eigenvalue weighted by Crippen LogP contribution is 2.36. The molecule has 2 aromatic carbocycles. The van der Waals surface area contributed by atoms with Gasteiger partial charge >= 0.3 is 0 Å². The second-order valence-corrected chi connectivity index (χ2v) is 13.3. The number of halogens is 1. The number of ether oxygens (including phenoxy) is 1. The largest absolute Gasteiger partial charge is 0.486 e. The molecule has 1 saturated carbocycles. The van der Waals surface area contributed by atoms with Crippen molar-refractivity contribution in [3.63, 3.8) is 0 Å². The van der Waals surface area contributed by atoms with E-state index in [9.17, 15) is 23.1 Å². The van der Waals surface area contributed by atoms with Crippen molar-refractivity contribution in [3.8, 4) is 5.75 Å². The fraction of sp³-hybridized carbons (Fsp3) is 0.517. The zero-order valence-electron chi connectivity index (χ0n) is 23.2. The van der Waals surface area contributed by atoms with Crippen molar-refractivity contribution in [3.05, 3.63) is 53.1 Å². The number of aliphatic hydroxyl groups excluding tert-OH is 1. The molecule has 218 valence electrons. The highest BCUT2D eigenvalue weighted by Gasteiger charge is 2.36. The number of amides is 2. The zero-order valence-corrected chi connectivity index (χ0v) is 24.7. The minimum Gasteiger partial charge on any atom is -0.486 e. The van der Waals surface area contributed by atoms with E-state index in [1.54, 1.807) is 30.0 Å². The molecule has 0 bridgehead atoms. The molecule has 11 heteroatoms. The van der Waals surface area contributed by atoms with Gasteiger partial charge in [0.2, 0.25) is 15.9 Å². The summed E-state index contributed by atoms with van der Waals surface area (Å²) in [5, 5.41) is 13.3. The summed E-state index contributed by atoms with van der Waals surface area (Å²) in [7, 11) is -2.38. The van der Waals surface area contributed by atoms with Crippen LogP contribution >= 0.6 is 11.6 Å². The van der Waals surface area contributed by atoms with Crippen molar-refractivity contribution in [2.75, 3.05) is 32.1 Å². The molecule has 0 radical (unpaired) electrons. The van der Waals surface area contributed by atoms with Gasteiger partial charge in [0.05, 0.1) is 35.3 Å². The minimum absolute atomic E-state index is 0.00793. The molecule has 0 saturated heterocycles. The van der Waals surface area contributed by atoms with Crippen LogP contribution in [0.2, 0.25) is 5.02 Å². The standard InChI is InChI=1S/C29H38ClN3O6S/c1-19-16-33(20(2)18-34)29(36)24-10-7-11-25(31-28(35)21-8-5-4-6-9-21)27(24)39-26(19)17-32(3)40(37,38)23-14-12-22(30)13-15-23/h7,10-15,19-21,26,34H,4-6,8-9,16-18H2,1-3H3,(H,31,35)/t19-,20-,26+/m0/s1. The third-order valence-electron chi connectivity index (χ3n) is 7.88. The van der Waals surface area contributed by atoms with Crippen molar-refractivity contribution in [2.24, 2.45) is 11.8 Å². The van der Waals surface area contributed by atoms with Crippen LogP contribution in [-0.2, 0) is 14.8 Å². The van der Waals surface area contributed by atoms with Gasteiger partial charge in [-0.1, -0.05) is 43.9 Å². The molecule has 2 aliphatic rings. The van der Waals surface area contributed by atoms with E-state index in [-0.39, 0.29) is 59.6 Å². The maximum atomic E-state index is 13.7. The van der Waals surface area contributed by atoms with Crippen LogP contribution in [0, 0.1) is 11.8 Å². The van der Waals surface area contributed by atoms with Crippen molar-refractivity contribution in [1.82, 2.24) is 9.21 Å². The molecule has 40 heavy (non-hydrogen) atoms. The lowest BCUT2D eigenvalue weighted by atomic mass is 9.88. The third-order valence-corrected chi connectivity index (χ3v) is 9.97. The number of aliphatic hydroxyl groups is 1. The smallest absolute Gasteiger partial charge is 0.258 e. The number of carbonyl (C=O) groups is 2. The number of likely N-dealkylation sites (N-methyl/N-ethyl adjacent to an activating group) is 1. The Morgan fingerprint density at radius 1 is 1.18 bits per heavy atom. The molecule has 4 rings (SSSR count). The first kappa shape index (κ1) is 30.3. The maximum absolute atomic E-state index is 13.7. The molecule has 0 unspecified atom stereocenters. The number of fused-ring (bicyclic) bond motifs is 1. The highest BCUT2D eigenvalue weighted by molar-refractivity contribution is 7.89. The number of nitrogens with one attached hydrogen (secondary N) is 1. The van der Waals surface area contributed by atoms with Crippen molar-refractivity contribution >= 4 is 39.1 Å². The third kappa shape index (κ3) is 6.62. The van der Waals surface area contributed by atoms with E-state index in [4.69, 9.17) is 16.3 Å². The Balaban J connectivity index is 1.69. The van der Waals surface area contributed by atoms with Crippen molar-refractivity contribution in [1.29, 1.82) is 0 Å². The predicted molar refractivity (Wildman–Crippen MR) is 154 cm³/mol. The number of sulfonamides is 1. The Labute approximate surface area is 241 Å². The lowest BCUT2D eigenvalue weighted by Crippen LogP contribution is -2.50. The van der Waals surface area contributed by atoms with E-state index in [1.165, 1.54) is 35.6 Å². The number of benzene rings is 2. The first-order chi connectivity index (χ1) is 19.0. The molecule has 1 aliphatic carbocycles. The maximum Gasteiger partial charge on any atom is 0.258 e. The van der Waals surface area contributed by atoms with Gasteiger partial charge in [-0.25, -0.2) is 8.42 Å². The first-order valence-corrected chi connectivity index (χ1v) is 15.6. The second kappa shape index (κ2) is 12.9. The topological polar surface area (TPSA) is 116 Å². The van der Waals surface area contributed by atoms with E-state index in [0.29, 0.717) is 10.7 Å². The Hall–Kier alpha value is -2.66. The predicted octanol–water partition coefficient (Wildman–Crippen LogP) is 4.40. The number of rotatable bonds is 8. The fourth-order valence-electron chi connectivity index (χ4n) is 5.30. The number of carbonyl (C=O) groups excluding carboxylic acids is 2. The second-order valence-electron chi connectivity index (χ2n) is 10.9. The molecule has 2 amide bonds.